The Morgan fingerprint density at radius 3 is 2.03 bits per heavy atom. The van der Waals surface area contributed by atoms with E-state index in [4.69, 9.17) is 5.26 Å². The third-order valence-corrected chi connectivity index (χ3v) is 6.25. The first-order chi connectivity index (χ1) is 16.2. The fourth-order valence-electron chi connectivity index (χ4n) is 4.38. The van der Waals surface area contributed by atoms with Crippen LogP contribution in [-0.2, 0) is 4.79 Å². The van der Waals surface area contributed by atoms with E-state index in [0.717, 1.165) is 44.7 Å². The van der Waals surface area contributed by atoms with Crippen LogP contribution in [-0.4, -0.2) is 37.0 Å². The van der Waals surface area contributed by atoms with Crippen LogP contribution in [0.4, 0.5) is 17.1 Å². The molecule has 1 N–H and O–H groups in total. The molecule has 1 aliphatic heterocycles. The lowest BCUT2D eigenvalue weighted by atomic mass is 9.93. The first-order valence-electron chi connectivity index (χ1n) is 11.6. The highest BCUT2D eigenvalue weighted by Crippen LogP contribution is 2.26. The van der Waals surface area contributed by atoms with Gasteiger partial charge >= 0.3 is 0 Å². The average Bonchev–Trinajstić information content (AvgIpc) is 2.87. The van der Waals surface area contributed by atoms with Crippen molar-refractivity contribution < 1.29 is 4.79 Å². The van der Waals surface area contributed by atoms with E-state index in [1.54, 1.807) is 24.3 Å². The van der Waals surface area contributed by atoms with Crippen LogP contribution in [0, 0.1) is 17.2 Å². The Morgan fingerprint density at radius 2 is 1.48 bits per heavy atom. The normalized spacial score (nSPS) is 14.4. The topological polar surface area (TPSA) is 59.4 Å². The SMILES string of the molecule is N#Cc1ccc(NC(=O)CC2CCN(CCN(c3ccccc3)c3ccccc3)CC2)cc1. The fourth-order valence-corrected chi connectivity index (χ4v) is 4.38. The molecule has 3 aromatic carbocycles. The van der Waals surface area contributed by atoms with Crippen molar-refractivity contribution in [2.24, 2.45) is 5.92 Å². The maximum Gasteiger partial charge on any atom is 0.224 e. The summed E-state index contributed by atoms with van der Waals surface area (Å²) < 4.78 is 0. The van der Waals surface area contributed by atoms with Crippen LogP contribution in [0.5, 0.6) is 0 Å². The number of likely N-dealkylation sites (tertiary alicyclic amines) is 1. The zero-order valence-electron chi connectivity index (χ0n) is 18.9. The molecule has 0 unspecified atom stereocenters. The number of amides is 1. The van der Waals surface area contributed by atoms with Gasteiger partial charge in [0.25, 0.3) is 0 Å². The molecule has 0 aliphatic carbocycles. The molecule has 0 radical (unpaired) electrons. The number of hydrogen-bond acceptors (Lipinski definition) is 4. The summed E-state index contributed by atoms with van der Waals surface area (Å²) in [5.41, 5.74) is 3.76. The minimum atomic E-state index is 0.0532. The molecule has 1 amide bonds. The third-order valence-electron chi connectivity index (χ3n) is 6.25. The van der Waals surface area contributed by atoms with Crippen LogP contribution in [0.2, 0.25) is 0 Å². The number of para-hydroxylation sites is 2. The highest BCUT2D eigenvalue weighted by Gasteiger charge is 2.22. The lowest BCUT2D eigenvalue weighted by Crippen LogP contribution is -2.39. The largest absolute Gasteiger partial charge is 0.340 e. The number of carbonyl (C=O) groups excluding carboxylic acids is 1. The highest BCUT2D eigenvalue weighted by atomic mass is 16.1. The van der Waals surface area contributed by atoms with Crippen LogP contribution in [0.3, 0.4) is 0 Å². The quantitative estimate of drug-likeness (QED) is 0.509. The standard InChI is InChI=1S/C28H30N4O/c29-22-24-11-13-25(14-12-24)30-28(33)21-23-15-17-31(18-16-23)19-20-32(26-7-3-1-4-8-26)27-9-5-2-6-10-27/h1-14,23H,15-21H2,(H,30,33). The van der Waals surface area contributed by atoms with Crippen molar-refractivity contribution in [1.82, 2.24) is 4.90 Å². The van der Waals surface area contributed by atoms with Gasteiger partial charge in [-0.25, -0.2) is 0 Å². The van der Waals surface area contributed by atoms with E-state index in [9.17, 15) is 4.79 Å². The minimum Gasteiger partial charge on any atom is -0.340 e. The van der Waals surface area contributed by atoms with Crippen molar-refractivity contribution in [2.75, 3.05) is 36.4 Å². The van der Waals surface area contributed by atoms with Gasteiger partial charge in [-0.05, 0) is 80.4 Å². The lowest BCUT2D eigenvalue weighted by molar-refractivity contribution is -0.117. The maximum absolute atomic E-state index is 12.4. The molecule has 5 heteroatoms. The Morgan fingerprint density at radius 1 is 0.909 bits per heavy atom. The highest BCUT2D eigenvalue weighted by molar-refractivity contribution is 5.90. The van der Waals surface area contributed by atoms with Crippen LogP contribution < -0.4 is 10.2 Å². The summed E-state index contributed by atoms with van der Waals surface area (Å²) in [6.45, 7) is 3.96. The Bertz CT molecular complexity index is 1010. The molecule has 4 rings (SSSR count). The molecule has 0 aromatic heterocycles. The maximum atomic E-state index is 12.4. The van der Waals surface area contributed by atoms with Gasteiger partial charge in [0.1, 0.15) is 0 Å². The summed E-state index contributed by atoms with van der Waals surface area (Å²) in [4.78, 5) is 17.3. The van der Waals surface area contributed by atoms with Gasteiger partial charge in [-0.2, -0.15) is 5.26 Å². The van der Waals surface area contributed by atoms with Gasteiger partial charge < -0.3 is 15.1 Å². The summed E-state index contributed by atoms with van der Waals surface area (Å²) in [5.74, 6) is 0.469. The van der Waals surface area contributed by atoms with Gasteiger partial charge in [0.05, 0.1) is 11.6 Å². The molecule has 1 fully saturated rings. The summed E-state index contributed by atoms with van der Waals surface area (Å²) in [6.07, 6.45) is 2.63. The fraction of sp³-hybridized carbons (Fsp3) is 0.286. The number of nitrogens with zero attached hydrogens (tertiary/aromatic N) is 3. The van der Waals surface area contributed by atoms with Crippen LogP contribution >= 0.6 is 0 Å². The molecule has 0 saturated carbocycles. The molecule has 168 valence electrons. The van der Waals surface area contributed by atoms with Gasteiger partial charge in [-0.3, -0.25) is 4.79 Å². The predicted octanol–water partition coefficient (Wildman–Crippen LogP) is 5.44. The first-order valence-corrected chi connectivity index (χ1v) is 11.6. The summed E-state index contributed by atoms with van der Waals surface area (Å²) in [7, 11) is 0. The summed E-state index contributed by atoms with van der Waals surface area (Å²) in [5, 5.41) is 11.8. The third kappa shape index (κ3) is 6.44. The van der Waals surface area contributed by atoms with Crippen molar-refractivity contribution in [3.05, 3.63) is 90.5 Å². The van der Waals surface area contributed by atoms with E-state index in [2.05, 4.69) is 81.8 Å². The molecular weight excluding hydrogens is 408 g/mol. The average molecular weight is 439 g/mol. The van der Waals surface area contributed by atoms with Gasteiger partial charge in [0.15, 0.2) is 0 Å². The molecule has 33 heavy (non-hydrogen) atoms. The molecule has 1 heterocycles. The second-order valence-electron chi connectivity index (χ2n) is 8.55. The van der Waals surface area contributed by atoms with Crippen molar-refractivity contribution in [3.8, 4) is 6.07 Å². The molecule has 0 spiro atoms. The number of piperidine rings is 1. The zero-order chi connectivity index (χ0) is 22.9. The van der Waals surface area contributed by atoms with Gasteiger partial charge in [-0.15, -0.1) is 0 Å². The summed E-state index contributed by atoms with van der Waals surface area (Å²) in [6, 6.07) is 30.2. The zero-order valence-corrected chi connectivity index (χ0v) is 18.9. The van der Waals surface area contributed by atoms with E-state index in [-0.39, 0.29) is 5.91 Å². The van der Waals surface area contributed by atoms with E-state index >= 15 is 0 Å². The first kappa shape index (κ1) is 22.6. The molecule has 1 aliphatic rings. The number of nitrogens with one attached hydrogen (secondary N) is 1. The molecule has 3 aromatic rings. The van der Waals surface area contributed by atoms with Gasteiger partial charge in [0.2, 0.25) is 5.91 Å². The molecule has 1 saturated heterocycles. The number of rotatable bonds is 8. The molecule has 0 bridgehead atoms. The monoisotopic (exact) mass is 438 g/mol. The van der Waals surface area contributed by atoms with E-state index in [1.807, 2.05) is 0 Å². The second kappa shape index (κ2) is 11.3. The molecule has 5 nitrogen and oxygen atoms in total. The van der Waals surface area contributed by atoms with Crippen LogP contribution in [0.25, 0.3) is 0 Å². The van der Waals surface area contributed by atoms with Crippen molar-refractivity contribution in [2.45, 2.75) is 19.3 Å². The van der Waals surface area contributed by atoms with Gasteiger partial charge in [0, 0.05) is 36.6 Å². The number of carbonyl (C=O) groups is 1. The van der Waals surface area contributed by atoms with E-state index in [0.29, 0.717) is 17.9 Å². The Balaban J connectivity index is 1.25. The lowest BCUT2D eigenvalue weighted by Gasteiger charge is -2.34. The van der Waals surface area contributed by atoms with Crippen LogP contribution in [0.1, 0.15) is 24.8 Å². The Labute approximate surface area is 196 Å². The minimum absolute atomic E-state index is 0.0532. The van der Waals surface area contributed by atoms with E-state index < -0.39 is 0 Å². The van der Waals surface area contributed by atoms with Crippen molar-refractivity contribution in [3.63, 3.8) is 0 Å². The van der Waals surface area contributed by atoms with Crippen LogP contribution in [0.15, 0.2) is 84.9 Å². The molecular formula is C28H30N4O. The number of anilines is 3. The second-order valence-corrected chi connectivity index (χ2v) is 8.55. The number of hydrogen-bond donors (Lipinski definition) is 1. The molecule has 0 atom stereocenters. The smallest absolute Gasteiger partial charge is 0.224 e. The Hall–Kier alpha value is -3.62. The summed E-state index contributed by atoms with van der Waals surface area (Å²) >= 11 is 0. The van der Waals surface area contributed by atoms with E-state index in [1.165, 1.54) is 11.4 Å². The van der Waals surface area contributed by atoms with Crippen molar-refractivity contribution >= 4 is 23.0 Å². The number of nitriles is 1. The van der Waals surface area contributed by atoms with Crippen molar-refractivity contribution in [1.29, 1.82) is 5.26 Å². The van der Waals surface area contributed by atoms with Gasteiger partial charge in [-0.1, -0.05) is 36.4 Å². The predicted molar refractivity (Wildman–Crippen MR) is 133 cm³/mol. The number of benzene rings is 3. The Kier molecular flexibility index (Phi) is 7.73.